The second-order valence-electron chi connectivity index (χ2n) is 7.14. The number of amides is 1. The first-order valence-electron chi connectivity index (χ1n) is 9.46. The van der Waals surface area contributed by atoms with E-state index in [-0.39, 0.29) is 23.2 Å². The molecule has 29 heavy (non-hydrogen) atoms. The van der Waals surface area contributed by atoms with Crippen molar-refractivity contribution in [1.29, 1.82) is 0 Å². The molecule has 1 aliphatic rings. The summed E-state index contributed by atoms with van der Waals surface area (Å²) < 4.78 is 27.7. The van der Waals surface area contributed by atoms with E-state index in [1.165, 1.54) is 0 Å². The molecule has 1 amide bonds. The summed E-state index contributed by atoms with van der Waals surface area (Å²) in [6, 6.07) is 13.2. The standard InChI is InChI=1S/C22H25N3O3S/c1-5-17-7-9-18(10-8-17)21-16(4)22(25-29(21,27)28)23-13-20(26)24-19-11-6-14(2)12-15(19)3/h6-12H,5,13H2,1-4H3,(H,23,25)(H,24,26). The van der Waals surface area contributed by atoms with Gasteiger partial charge in [-0.1, -0.05) is 48.9 Å². The van der Waals surface area contributed by atoms with Crippen molar-refractivity contribution in [2.75, 3.05) is 11.9 Å². The Kier molecular flexibility index (Phi) is 5.88. The molecule has 7 heteroatoms. The zero-order valence-corrected chi connectivity index (χ0v) is 17.9. The fourth-order valence-corrected chi connectivity index (χ4v) is 4.79. The molecule has 2 aromatic rings. The quantitative estimate of drug-likeness (QED) is 0.788. The van der Waals surface area contributed by atoms with Crippen molar-refractivity contribution in [2.45, 2.75) is 34.1 Å². The number of aliphatic imine (C=N–C) groups is 1. The van der Waals surface area contributed by atoms with Gasteiger partial charge in [0.15, 0.2) is 0 Å². The number of hydrogen-bond acceptors (Lipinski definition) is 4. The van der Waals surface area contributed by atoms with Crippen LogP contribution < -0.4 is 10.0 Å². The molecule has 6 nitrogen and oxygen atoms in total. The summed E-state index contributed by atoms with van der Waals surface area (Å²) >= 11 is 0. The molecule has 0 fully saturated rings. The molecule has 0 bridgehead atoms. The molecule has 152 valence electrons. The van der Waals surface area contributed by atoms with E-state index in [1.807, 2.05) is 51.1 Å². The maximum absolute atomic E-state index is 12.6. The Morgan fingerprint density at radius 2 is 1.76 bits per heavy atom. The normalized spacial score (nSPS) is 16.8. The summed E-state index contributed by atoms with van der Waals surface area (Å²) in [7, 11) is -3.71. The molecular weight excluding hydrogens is 386 g/mol. The number of amidine groups is 1. The molecule has 1 aliphatic heterocycles. The third kappa shape index (κ3) is 4.56. The lowest BCUT2D eigenvalue weighted by Gasteiger charge is -2.08. The van der Waals surface area contributed by atoms with E-state index in [1.54, 1.807) is 19.1 Å². The summed E-state index contributed by atoms with van der Waals surface area (Å²) in [6.07, 6.45) is 0.881. The van der Waals surface area contributed by atoms with Gasteiger partial charge in [0, 0.05) is 11.3 Å². The fraction of sp³-hybridized carbons (Fsp3) is 0.273. The average Bonchev–Trinajstić information content (AvgIpc) is 2.91. The minimum atomic E-state index is -3.71. The molecule has 0 saturated heterocycles. The van der Waals surface area contributed by atoms with Gasteiger partial charge in [0.25, 0.3) is 10.0 Å². The number of rotatable bonds is 5. The molecule has 0 aliphatic carbocycles. The predicted molar refractivity (Wildman–Crippen MR) is 117 cm³/mol. The van der Waals surface area contributed by atoms with E-state index < -0.39 is 10.0 Å². The summed E-state index contributed by atoms with van der Waals surface area (Å²) in [5, 5.41) is 2.81. The van der Waals surface area contributed by atoms with Crippen molar-refractivity contribution in [1.82, 2.24) is 4.72 Å². The minimum Gasteiger partial charge on any atom is -0.324 e. The molecular formula is C22H25N3O3S. The summed E-state index contributed by atoms with van der Waals surface area (Å²) in [6.45, 7) is 7.47. The maximum Gasteiger partial charge on any atom is 0.264 e. The zero-order valence-electron chi connectivity index (χ0n) is 17.0. The van der Waals surface area contributed by atoms with E-state index in [0.717, 1.165) is 28.8 Å². The van der Waals surface area contributed by atoms with Crippen molar-refractivity contribution < 1.29 is 13.2 Å². The Hall–Kier alpha value is -2.93. The topological polar surface area (TPSA) is 87.6 Å². The van der Waals surface area contributed by atoms with Gasteiger partial charge in [-0.15, -0.1) is 0 Å². The number of aryl methyl sites for hydroxylation is 3. The highest BCUT2D eigenvalue weighted by atomic mass is 32.2. The van der Waals surface area contributed by atoms with Gasteiger partial charge in [0.2, 0.25) is 5.91 Å². The third-order valence-electron chi connectivity index (χ3n) is 4.86. The van der Waals surface area contributed by atoms with Crippen LogP contribution in [0.3, 0.4) is 0 Å². The second-order valence-corrected chi connectivity index (χ2v) is 8.76. The predicted octanol–water partition coefficient (Wildman–Crippen LogP) is 3.57. The molecule has 3 rings (SSSR count). The first-order chi connectivity index (χ1) is 13.7. The van der Waals surface area contributed by atoms with Crippen molar-refractivity contribution in [3.8, 4) is 0 Å². The number of nitrogens with one attached hydrogen (secondary N) is 2. The van der Waals surface area contributed by atoms with E-state index in [9.17, 15) is 13.2 Å². The molecule has 0 aromatic heterocycles. The Balaban J connectivity index is 1.80. The first-order valence-corrected chi connectivity index (χ1v) is 10.9. The average molecular weight is 412 g/mol. The number of anilines is 1. The lowest BCUT2D eigenvalue weighted by molar-refractivity contribution is -0.114. The first kappa shape index (κ1) is 20.8. The highest BCUT2D eigenvalue weighted by Crippen LogP contribution is 2.30. The molecule has 2 N–H and O–H groups in total. The number of sulfonamides is 1. The molecule has 0 unspecified atom stereocenters. The zero-order chi connectivity index (χ0) is 21.2. The van der Waals surface area contributed by atoms with Gasteiger partial charge < -0.3 is 5.32 Å². The van der Waals surface area contributed by atoms with Gasteiger partial charge in [0.05, 0.1) is 0 Å². The second kappa shape index (κ2) is 8.21. The number of benzene rings is 2. The van der Waals surface area contributed by atoms with Crippen LogP contribution in [0.1, 0.15) is 36.1 Å². The van der Waals surface area contributed by atoms with Gasteiger partial charge in [0.1, 0.15) is 17.3 Å². The van der Waals surface area contributed by atoms with Crippen LogP contribution in [0.5, 0.6) is 0 Å². The highest BCUT2D eigenvalue weighted by molar-refractivity contribution is 8.00. The van der Waals surface area contributed by atoms with Crippen LogP contribution in [-0.2, 0) is 21.2 Å². The van der Waals surface area contributed by atoms with Crippen LogP contribution in [-0.4, -0.2) is 26.7 Å². The van der Waals surface area contributed by atoms with Gasteiger partial charge in [-0.2, -0.15) is 0 Å². The minimum absolute atomic E-state index is 0.176. The summed E-state index contributed by atoms with van der Waals surface area (Å²) in [5.41, 5.74) is 5.04. The van der Waals surface area contributed by atoms with Crippen LogP contribution in [0.4, 0.5) is 5.69 Å². The van der Waals surface area contributed by atoms with Crippen LogP contribution in [0.2, 0.25) is 0 Å². The molecule has 1 heterocycles. The monoisotopic (exact) mass is 411 g/mol. The molecule has 0 atom stereocenters. The Labute approximate surface area is 171 Å². The van der Waals surface area contributed by atoms with Crippen LogP contribution in [0, 0.1) is 13.8 Å². The van der Waals surface area contributed by atoms with Crippen LogP contribution in [0.15, 0.2) is 53.0 Å². The van der Waals surface area contributed by atoms with Gasteiger partial charge >= 0.3 is 0 Å². The van der Waals surface area contributed by atoms with E-state index in [2.05, 4.69) is 15.0 Å². The third-order valence-corrected chi connectivity index (χ3v) is 6.40. The van der Waals surface area contributed by atoms with Gasteiger partial charge in [-0.3, -0.25) is 14.5 Å². The smallest absolute Gasteiger partial charge is 0.264 e. The van der Waals surface area contributed by atoms with Crippen molar-refractivity contribution in [3.05, 3.63) is 70.3 Å². The lowest BCUT2D eigenvalue weighted by atomic mass is 10.1. The van der Waals surface area contributed by atoms with Crippen LogP contribution in [0.25, 0.3) is 4.91 Å². The Morgan fingerprint density at radius 1 is 1.07 bits per heavy atom. The number of hydrogen-bond donors (Lipinski definition) is 2. The Morgan fingerprint density at radius 3 is 2.38 bits per heavy atom. The summed E-state index contributed by atoms with van der Waals surface area (Å²) in [4.78, 5) is 16.7. The van der Waals surface area contributed by atoms with Crippen molar-refractivity contribution >= 4 is 32.4 Å². The molecule has 0 saturated carbocycles. The van der Waals surface area contributed by atoms with Gasteiger partial charge in [-0.25, -0.2) is 8.42 Å². The van der Waals surface area contributed by atoms with E-state index in [4.69, 9.17) is 0 Å². The number of carbonyl (C=O) groups excluding carboxylic acids is 1. The molecule has 2 aromatic carbocycles. The van der Waals surface area contributed by atoms with E-state index in [0.29, 0.717) is 11.1 Å². The van der Waals surface area contributed by atoms with E-state index >= 15 is 0 Å². The number of carbonyl (C=O) groups is 1. The molecule has 0 spiro atoms. The maximum atomic E-state index is 12.6. The van der Waals surface area contributed by atoms with Gasteiger partial charge in [-0.05, 0) is 49.9 Å². The number of nitrogens with zero attached hydrogens (tertiary/aromatic N) is 1. The Bertz CT molecular complexity index is 1110. The van der Waals surface area contributed by atoms with Crippen molar-refractivity contribution in [3.63, 3.8) is 0 Å². The lowest BCUT2D eigenvalue weighted by Crippen LogP contribution is -2.25. The largest absolute Gasteiger partial charge is 0.324 e. The summed E-state index contributed by atoms with van der Waals surface area (Å²) in [5.74, 6) is -0.104. The molecule has 0 radical (unpaired) electrons. The highest BCUT2D eigenvalue weighted by Gasteiger charge is 2.32. The SMILES string of the molecule is CCc1ccc(C2=C(C)C(=NCC(=O)Nc3ccc(C)cc3C)NS2(=O)=O)cc1. The van der Waals surface area contributed by atoms with Crippen molar-refractivity contribution in [2.24, 2.45) is 4.99 Å². The fourth-order valence-electron chi connectivity index (χ4n) is 3.27. The van der Waals surface area contributed by atoms with Crippen LogP contribution >= 0.6 is 0 Å².